The fourth-order valence-corrected chi connectivity index (χ4v) is 5.23. The molecule has 1 aliphatic carbocycles. The Kier molecular flexibility index (Phi) is 8.20. The first-order chi connectivity index (χ1) is 15.8. The van der Waals surface area contributed by atoms with Crippen LogP contribution in [0.4, 0.5) is 16.4 Å². The molecule has 33 heavy (non-hydrogen) atoms. The molecule has 1 unspecified atom stereocenters. The summed E-state index contributed by atoms with van der Waals surface area (Å²) < 4.78 is 0. The predicted octanol–water partition coefficient (Wildman–Crippen LogP) is 3.60. The molecule has 2 aromatic rings. The van der Waals surface area contributed by atoms with Crippen molar-refractivity contribution in [2.24, 2.45) is 5.92 Å². The number of nitrogens with zero attached hydrogens (tertiary/aromatic N) is 2. The van der Waals surface area contributed by atoms with E-state index in [2.05, 4.69) is 28.9 Å². The Morgan fingerprint density at radius 3 is 2.27 bits per heavy atom. The summed E-state index contributed by atoms with van der Waals surface area (Å²) in [6.45, 7) is 6.14. The van der Waals surface area contributed by atoms with Gasteiger partial charge >= 0.3 is 0 Å². The van der Waals surface area contributed by atoms with Crippen LogP contribution in [0.5, 0.6) is 0 Å². The minimum Gasteiger partial charge on any atom is -0.326 e. The number of anilines is 3. The van der Waals surface area contributed by atoms with Gasteiger partial charge in [-0.3, -0.25) is 19.3 Å². The fourth-order valence-electron chi connectivity index (χ4n) is 3.85. The molecule has 0 saturated heterocycles. The van der Waals surface area contributed by atoms with Crippen LogP contribution in [0.1, 0.15) is 43.2 Å². The third kappa shape index (κ3) is 6.63. The summed E-state index contributed by atoms with van der Waals surface area (Å²) in [7, 11) is 0. The van der Waals surface area contributed by atoms with E-state index in [1.165, 1.54) is 23.1 Å². The largest absolute Gasteiger partial charge is 0.326 e. The van der Waals surface area contributed by atoms with Crippen LogP contribution in [0.2, 0.25) is 0 Å². The van der Waals surface area contributed by atoms with E-state index >= 15 is 0 Å². The molecule has 1 heterocycles. The molecule has 0 fully saturated rings. The smallest absolute Gasteiger partial charge is 0.239 e. The number of nitrogens with one attached hydrogen (secondary N) is 3. The summed E-state index contributed by atoms with van der Waals surface area (Å²) in [5, 5.41) is 18.6. The second kappa shape index (κ2) is 11.1. The standard InChI is InChI=1S/C24H29N5O3S/c1-4-29(13-22(31)27-18-8-6-17(7-9-18)26-16(3)30)14-23(32)28-24-20(12-25)19-10-5-15(2)11-21(19)33-24/h6-9,15H,4-5,10-11,13-14H2,1-3H3,(H,26,30)(H,27,31)(H,28,32). The van der Waals surface area contributed by atoms with Crippen molar-refractivity contribution in [2.75, 3.05) is 35.6 Å². The van der Waals surface area contributed by atoms with E-state index in [4.69, 9.17) is 0 Å². The predicted molar refractivity (Wildman–Crippen MR) is 130 cm³/mol. The summed E-state index contributed by atoms with van der Waals surface area (Å²) in [4.78, 5) is 39.1. The molecule has 3 amide bonds. The number of likely N-dealkylation sites (N-methyl/N-ethyl adjacent to an activating group) is 1. The van der Waals surface area contributed by atoms with Gasteiger partial charge < -0.3 is 16.0 Å². The molecule has 8 nitrogen and oxygen atoms in total. The summed E-state index contributed by atoms with van der Waals surface area (Å²) >= 11 is 1.50. The third-order valence-electron chi connectivity index (χ3n) is 5.55. The Balaban J connectivity index is 1.55. The minimum absolute atomic E-state index is 0.0508. The second-order valence-electron chi connectivity index (χ2n) is 8.33. The number of fused-ring (bicyclic) bond motifs is 1. The van der Waals surface area contributed by atoms with Crippen molar-refractivity contribution in [3.63, 3.8) is 0 Å². The van der Waals surface area contributed by atoms with Crippen molar-refractivity contribution in [3.8, 4) is 6.07 Å². The van der Waals surface area contributed by atoms with Crippen LogP contribution < -0.4 is 16.0 Å². The van der Waals surface area contributed by atoms with Crippen molar-refractivity contribution in [3.05, 3.63) is 40.3 Å². The molecular weight excluding hydrogens is 438 g/mol. The zero-order chi connectivity index (χ0) is 24.0. The summed E-state index contributed by atoms with van der Waals surface area (Å²) in [5.74, 6) is -0.0626. The molecule has 0 saturated carbocycles. The quantitative estimate of drug-likeness (QED) is 0.549. The van der Waals surface area contributed by atoms with Crippen molar-refractivity contribution in [1.29, 1.82) is 5.26 Å². The Labute approximate surface area is 198 Å². The highest BCUT2D eigenvalue weighted by Crippen LogP contribution is 2.39. The Hall–Kier alpha value is -3.22. The van der Waals surface area contributed by atoms with Gasteiger partial charge in [-0.05, 0) is 61.6 Å². The number of carbonyl (C=O) groups is 3. The number of rotatable bonds is 8. The zero-order valence-corrected chi connectivity index (χ0v) is 20.0. The van der Waals surface area contributed by atoms with Gasteiger partial charge in [-0.15, -0.1) is 11.3 Å². The lowest BCUT2D eigenvalue weighted by atomic mass is 9.89. The lowest BCUT2D eigenvalue weighted by Crippen LogP contribution is -2.38. The molecule has 0 spiro atoms. The lowest BCUT2D eigenvalue weighted by Gasteiger charge is -2.19. The van der Waals surface area contributed by atoms with Gasteiger partial charge in [-0.2, -0.15) is 5.26 Å². The van der Waals surface area contributed by atoms with E-state index in [1.54, 1.807) is 29.2 Å². The van der Waals surface area contributed by atoms with E-state index < -0.39 is 0 Å². The highest BCUT2D eigenvalue weighted by Gasteiger charge is 2.25. The van der Waals surface area contributed by atoms with Gasteiger partial charge in [0.2, 0.25) is 17.7 Å². The number of nitriles is 1. The maximum Gasteiger partial charge on any atom is 0.239 e. The van der Waals surface area contributed by atoms with Gasteiger partial charge in [-0.25, -0.2) is 0 Å². The molecule has 1 atom stereocenters. The normalized spacial score (nSPS) is 14.8. The summed E-state index contributed by atoms with van der Waals surface area (Å²) in [6.07, 6.45) is 2.87. The third-order valence-corrected chi connectivity index (χ3v) is 6.72. The molecule has 1 aromatic carbocycles. The van der Waals surface area contributed by atoms with Gasteiger partial charge in [0.1, 0.15) is 11.1 Å². The molecule has 0 radical (unpaired) electrons. The van der Waals surface area contributed by atoms with Gasteiger partial charge in [0.15, 0.2) is 0 Å². The van der Waals surface area contributed by atoms with E-state index in [1.807, 2.05) is 6.92 Å². The van der Waals surface area contributed by atoms with Gasteiger partial charge in [0.05, 0.1) is 18.7 Å². The van der Waals surface area contributed by atoms with Crippen LogP contribution in [-0.2, 0) is 27.2 Å². The first kappa shape index (κ1) is 24.4. The van der Waals surface area contributed by atoms with Gasteiger partial charge in [0, 0.05) is 23.2 Å². The topological polar surface area (TPSA) is 114 Å². The first-order valence-corrected chi connectivity index (χ1v) is 11.8. The maximum atomic E-state index is 12.7. The van der Waals surface area contributed by atoms with Gasteiger partial charge in [0.25, 0.3) is 0 Å². The van der Waals surface area contributed by atoms with Crippen molar-refractivity contribution < 1.29 is 14.4 Å². The zero-order valence-electron chi connectivity index (χ0n) is 19.2. The number of benzene rings is 1. The lowest BCUT2D eigenvalue weighted by molar-refractivity contribution is -0.120. The number of hydrogen-bond acceptors (Lipinski definition) is 6. The molecule has 174 valence electrons. The maximum absolute atomic E-state index is 12.7. The minimum atomic E-state index is -0.243. The monoisotopic (exact) mass is 467 g/mol. The highest BCUT2D eigenvalue weighted by atomic mass is 32.1. The molecule has 3 N–H and O–H groups in total. The SMILES string of the molecule is CCN(CC(=O)Nc1ccc(NC(C)=O)cc1)CC(=O)Nc1sc2c(c1C#N)CCC(C)C2. The Morgan fingerprint density at radius 1 is 1.09 bits per heavy atom. The van der Waals surface area contributed by atoms with E-state index in [-0.39, 0.29) is 30.8 Å². The first-order valence-electron chi connectivity index (χ1n) is 11.0. The Bertz CT molecular complexity index is 1070. The van der Waals surface area contributed by atoms with Crippen LogP contribution in [0, 0.1) is 17.2 Å². The van der Waals surface area contributed by atoms with Gasteiger partial charge in [-0.1, -0.05) is 13.8 Å². The number of amides is 3. The Morgan fingerprint density at radius 2 is 1.70 bits per heavy atom. The molecule has 1 aliphatic rings. The average Bonchev–Trinajstić information content (AvgIpc) is 3.09. The van der Waals surface area contributed by atoms with E-state index in [0.29, 0.717) is 34.4 Å². The van der Waals surface area contributed by atoms with Crippen LogP contribution >= 0.6 is 11.3 Å². The van der Waals surface area contributed by atoms with Crippen LogP contribution in [-0.4, -0.2) is 42.3 Å². The number of hydrogen-bond donors (Lipinski definition) is 3. The van der Waals surface area contributed by atoms with Crippen molar-refractivity contribution in [2.45, 2.75) is 40.0 Å². The summed E-state index contributed by atoms with van der Waals surface area (Å²) in [6, 6.07) is 9.08. The molecule has 0 bridgehead atoms. The number of carbonyl (C=O) groups excluding carboxylic acids is 3. The molecular formula is C24H29N5O3S. The van der Waals surface area contributed by atoms with Crippen molar-refractivity contribution >= 4 is 45.4 Å². The van der Waals surface area contributed by atoms with E-state index in [9.17, 15) is 19.6 Å². The van der Waals surface area contributed by atoms with Crippen molar-refractivity contribution in [1.82, 2.24) is 4.90 Å². The molecule has 9 heteroatoms. The van der Waals surface area contributed by atoms with Crippen LogP contribution in [0.25, 0.3) is 0 Å². The van der Waals surface area contributed by atoms with Crippen LogP contribution in [0.3, 0.4) is 0 Å². The van der Waals surface area contributed by atoms with Crippen LogP contribution in [0.15, 0.2) is 24.3 Å². The highest BCUT2D eigenvalue weighted by molar-refractivity contribution is 7.16. The molecule has 1 aromatic heterocycles. The molecule has 3 rings (SSSR count). The second-order valence-corrected chi connectivity index (χ2v) is 9.43. The number of thiophene rings is 1. The fraction of sp³-hybridized carbons (Fsp3) is 0.417. The summed E-state index contributed by atoms with van der Waals surface area (Å²) in [5.41, 5.74) is 2.91. The van der Waals surface area contributed by atoms with E-state index in [0.717, 1.165) is 24.8 Å². The molecule has 0 aliphatic heterocycles. The average molecular weight is 468 g/mol.